The average Bonchev–Trinajstić information content (AvgIpc) is 2.34. The number of nitrogens with two attached hydrogens (primary N) is 1. The van der Waals surface area contributed by atoms with Gasteiger partial charge in [0.1, 0.15) is 0 Å². The third kappa shape index (κ3) is 3.35. The van der Waals surface area contributed by atoms with Crippen molar-refractivity contribution in [3.63, 3.8) is 0 Å². The van der Waals surface area contributed by atoms with Crippen LogP contribution in [0.3, 0.4) is 0 Å². The van der Waals surface area contributed by atoms with Gasteiger partial charge >= 0.3 is 0 Å². The Hall–Kier alpha value is -0.290. The second kappa shape index (κ2) is 6.05. The maximum absolute atomic E-state index is 5.61. The Morgan fingerprint density at radius 3 is 2.29 bits per heavy atom. The zero-order chi connectivity index (χ0) is 12.3. The van der Waals surface area contributed by atoms with Gasteiger partial charge in [0.25, 0.3) is 0 Å². The molecule has 0 aliphatic carbocycles. The molecule has 4 heteroatoms. The van der Waals surface area contributed by atoms with Crippen molar-refractivity contribution in [2.45, 2.75) is 16.3 Å². The van der Waals surface area contributed by atoms with Crippen LogP contribution in [0.25, 0.3) is 0 Å². The average molecular weight is 373 g/mol. The summed E-state index contributed by atoms with van der Waals surface area (Å²) in [6.07, 6.45) is 0. The summed E-state index contributed by atoms with van der Waals surface area (Å²) in [5.41, 5.74) is 6.74. The van der Waals surface area contributed by atoms with E-state index < -0.39 is 0 Å². The summed E-state index contributed by atoms with van der Waals surface area (Å²) in [4.78, 5) is 2.39. The lowest BCUT2D eigenvalue weighted by Gasteiger charge is -2.07. The quantitative estimate of drug-likeness (QED) is 0.835. The third-order valence-electron chi connectivity index (χ3n) is 2.29. The summed E-state index contributed by atoms with van der Waals surface area (Å²) in [5, 5.41) is 0. The fourth-order valence-electron chi connectivity index (χ4n) is 1.40. The van der Waals surface area contributed by atoms with Crippen LogP contribution in [0.1, 0.15) is 5.56 Å². The molecule has 0 aliphatic rings. The van der Waals surface area contributed by atoms with Crippen molar-refractivity contribution < 1.29 is 0 Å². The monoisotopic (exact) mass is 371 g/mol. The molecule has 2 N–H and O–H groups in total. The lowest BCUT2D eigenvalue weighted by Crippen LogP contribution is -1.95. The molecule has 0 aliphatic heterocycles. The summed E-state index contributed by atoms with van der Waals surface area (Å²) in [6, 6.07) is 14.4. The van der Waals surface area contributed by atoms with Gasteiger partial charge in [0.2, 0.25) is 0 Å². The van der Waals surface area contributed by atoms with E-state index >= 15 is 0 Å². The second-order valence-corrected chi connectivity index (χ2v) is 6.29. The van der Waals surface area contributed by atoms with Crippen LogP contribution in [-0.4, -0.2) is 0 Å². The number of halogens is 2. The molecule has 0 saturated carbocycles. The number of rotatable bonds is 3. The first kappa shape index (κ1) is 13.1. The number of hydrogen-bond acceptors (Lipinski definition) is 2. The third-order valence-corrected chi connectivity index (χ3v) is 5.31. The summed E-state index contributed by atoms with van der Waals surface area (Å²) < 4.78 is 2.20. The van der Waals surface area contributed by atoms with Crippen molar-refractivity contribution in [2.24, 2.45) is 5.73 Å². The van der Waals surface area contributed by atoms with E-state index in [1.807, 2.05) is 18.2 Å². The molecule has 2 rings (SSSR count). The van der Waals surface area contributed by atoms with Gasteiger partial charge in [0.15, 0.2) is 0 Å². The highest BCUT2D eigenvalue weighted by Gasteiger charge is 2.05. The minimum atomic E-state index is 0.568. The minimum absolute atomic E-state index is 0.568. The SMILES string of the molecule is NCc1ccc(Sc2ccccc2Br)c(Br)c1. The van der Waals surface area contributed by atoms with Gasteiger partial charge in [-0.1, -0.05) is 30.0 Å². The van der Waals surface area contributed by atoms with Gasteiger partial charge in [0, 0.05) is 25.3 Å². The molecule has 0 heterocycles. The standard InChI is InChI=1S/C13H11Br2NS/c14-10-3-1-2-4-12(10)17-13-6-5-9(8-16)7-11(13)15/h1-7H,8,16H2. The van der Waals surface area contributed by atoms with E-state index in [2.05, 4.69) is 56.1 Å². The molecule has 0 saturated heterocycles. The topological polar surface area (TPSA) is 26.0 Å². The molecule has 1 nitrogen and oxygen atoms in total. The number of benzene rings is 2. The molecule has 88 valence electrons. The summed E-state index contributed by atoms with van der Waals surface area (Å²) in [6.45, 7) is 0.568. The maximum atomic E-state index is 5.61. The van der Waals surface area contributed by atoms with E-state index in [-0.39, 0.29) is 0 Å². The summed E-state index contributed by atoms with van der Waals surface area (Å²) in [5.74, 6) is 0. The van der Waals surface area contributed by atoms with Crippen molar-refractivity contribution in [1.82, 2.24) is 0 Å². The molecule has 0 fully saturated rings. The van der Waals surface area contributed by atoms with E-state index in [4.69, 9.17) is 5.73 Å². The Bertz CT molecular complexity index is 529. The van der Waals surface area contributed by atoms with Crippen molar-refractivity contribution in [2.75, 3.05) is 0 Å². The molecule has 2 aromatic rings. The first-order valence-electron chi connectivity index (χ1n) is 5.11. The summed E-state index contributed by atoms with van der Waals surface area (Å²) >= 11 is 8.85. The van der Waals surface area contributed by atoms with Crippen molar-refractivity contribution in [3.05, 3.63) is 57.0 Å². The largest absolute Gasteiger partial charge is 0.326 e. The zero-order valence-electron chi connectivity index (χ0n) is 8.99. The van der Waals surface area contributed by atoms with Gasteiger partial charge in [0.05, 0.1) is 0 Å². The van der Waals surface area contributed by atoms with Crippen LogP contribution in [-0.2, 0) is 6.54 Å². The van der Waals surface area contributed by atoms with Crippen LogP contribution in [0.15, 0.2) is 61.2 Å². The second-order valence-electron chi connectivity index (χ2n) is 3.50. The molecule has 2 aromatic carbocycles. The first-order valence-corrected chi connectivity index (χ1v) is 7.52. The molecule has 0 aromatic heterocycles. The highest BCUT2D eigenvalue weighted by molar-refractivity contribution is 9.11. The van der Waals surface area contributed by atoms with Gasteiger partial charge < -0.3 is 5.73 Å². The highest BCUT2D eigenvalue weighted by atomic mass is 79.9. The smallest absolute Gasteiger partial charge is 0.0318 e. The van der Waals surface area contributed by atoms with E-state index in [1.165, 1.54) is 9.79 Å². The lowest BCUT2D eigenvalue weighted by molar-refractivity contribution is 1.06. The van der Waals surface area contributed by atoms with Crippen molar-refractivity contribution >= 4 is 43.6 Å². The maximum Gasteiger partial charge on any atom is 0.0318 e. The Balaban J connectivity index is 2.28. The van der Waals surface area contributed by atoms with E-state index in [1.54, 1.807) is 11.8 Å². The molecule has 0 unspecified atom stereocenters. The molecule has 0 atom stereocenters. The van der Waals surface area contributed by atoms with Gasteiger partial charge in [-0.05, 0) is 61.7 Å². The van der Waals surface area contributed by atoms with Gasteiger partial charge in [-0.3, -0.25) is 0 Å². The Morgan fingerprint density at radius 1 is 0.941 bits per heavy atom. The van der Waals surface area contributed by atoms with E-state index in [0.717, 1.165) is 14.5 Å². The fourth-order valence-corrected chi connectivity index (χ4v) is 3.44. The Labute approximate surface area is 122 Å². The Morgan fingerprint density at radius 2 is 1.65 bits per heavy atom. The molecule has 0 bridgehead atoms. The fraction of sp³-hybridized carbons (Fsp3) is 0.0769. The molecular formula is C13H11Br2NS. The first-order chi connectivity index (χ1) is 8.20. The molecule has 17 heavy (non-hydrogen) atoms. The molecular weight excluding hydrogens is 362 g/mol. The van der Waals surface area contributed by atoms with E-state index in [9.17, 15) is 0 Å². The van der Waals surface area contributed by atoms with Crippen LogP contribution >= 0.6 is 43.6 Å². The molecule has 0 amide bonds. The minimum Gasteiger partial charge on any atom is -0.326 e. The van der Waals surface area contributed by atoms with Crippen LogP contribution in [0.5, 0.6) is 0 Å². The summed E-state index contributed by atoms with van der Waals surface area (Å²) in [7, 11) is 0. The van der Waals surface area contributed by atoms with Crippen LogP contribution in [0.4, 0.5) is 0 Å². The van der Waals surface area contributed by atoms with Crippen LogP contribution in [0, 0.1) is 0 Å². The predicted octanol–water partition coefficient (Wildman–Crippen LogP) is 4.82. The van der Waals surface area contributed by atoms with Crippen molar-refractivity contribution in [3.8, 4) is 0 Å². The van der Waals surface area contributed by atoms with E-state index in [0.29, 0.717) is 6.54 Å². The predicted molar refractivity (Wildman–Crippen MR) is 80.3 cm³/mol. The van der Waals surface area contributed by atoms with Crippen LogP contribution < -0.4 is 5.73 Å². The number of hydrogen-bond donors (Lipinski definition) is 1. The van der Waals surface area contributed by atoms with Gasteiger partial charge in [-0.25, -0.2) is 0 Å². The lowest BCUT2D eigenvalue weighted by atomic mass is 10.2. The Kier molecular flexibility index (Phi) is 4.68. The van der Waals surface area contributed by atoms with Gasteiger partial charge in [-0.2, -0.15) is 0 Å². The molecule has 0 radical (unpaired) electrons. The van der Waals surface area contributed by atoms with Crippen molar-refractivity contribution in [1.29, 1.82) is 0 Å². The normalized spacial score (nSPS) is 10.5. The highest BCUT2D eigenvalue weighted by Crippen LogP contribution is 2.37. The molecule has 0 spiro atoms. The van der Waals surface area contributed by atoms with Crippen LogP contribution in [0.2, 0.25) is 0 Å². The zero-order valence-corrected chi connectivity index (χ0v) is 13.0. The van der Waals surface area contributed by atoms with Gasteiger partial charge in [-0.15, -0.1) is 0 Å².